The summed E-state index contributed by atoms with van der Waals surface area (Å²) in [7, 11) is 0. The van der Waals surface area contributed by atoms with E-state index < -0.39 is 17.5 Å². The SMILES string of the molecule is CC1=C(Br)C(=O)Oc2c(cc(F)c(O)c2C)CC1. The van der Waals surface area contributed by atoms with Crippen molar-refractivity contribution < 1.29 is 19.0 Å². The largest absolute Gasteiger partial charge is 0.505 e. The summed E-state index contributed by atoms with van der Waals surface area (Å²) in [6.07, 6.45) is 1.19. The minimum Gasteiger partial charge on any atom is -0.505 e. The highest BCUT2D eigenvalue weighted by atomic mass is 79.9. The Morgan fingerprint density at radius 3 is 2.72 bits per heavy atom. The van der Waals surface area contributed by atoms with E-state index in [1.807, 2.05) is 6.92 Å². The first-order chi connectivity index (χ1) is 8.41. The van der Waals surface area contributed by atoms with Crippen molar-refractivity contribution in [2.75, 3.05) is 0 Å². The van der Waals surface area contributed by atoms with Gasteiger partial charge in [0, 0.05) is 5.56 Å². The summed E-state index contributed by atoms with van der Waals surface area (Å²) in [6.45, 7) is 3.34. The Morgan fingerprint density at radius 2 is 2.06 bits per heavy atom. The van der Waals surface area contributed by atoms with E-state index in [4.69, 9.17) is 4.74 Å². The van der Waals surface area contributed by atoms with Crippen molar-refractivity contribution in [1.82, 2.24) is 0 Å². The number of halogens is 2. The molecule has 1 aromatic carbocycles. The molecule has 0 radical (unpaired) electrons. The number of phenolic OH excluding ortho intramolecular Hbond substituents is 1. The van der Waals surface area contributed by atoms with Gasteiger partial charge in [-0.2, -0.15) is 0 Å². The van der Waals surface area contributed by atoms with E-state index >= 15 is 0 Å². The number of aromatic hydroxyl groups is 1. The number of benzene rings is 1. The Hall–Kier alpha value is -1.36. The Kier molecular flexibility index (Phi) is 3.43. The molecule has 5 heteroatoms. The highest BCUT2D eigenvalue weighted by Gasteiger charge is 2.23. The van der Waals surface area contributed by atoms with Crippen LogP contribution in [0.15, 0.2) is 16.1 Å². The zero-order chi connectivity index (χ0) is 13.4. The number of allylic oxidation sites excluding steroid dienone is 1. The van der Waals surface area contributed by atoms with E-state index in [1.165, 1.54) is 13.0 Å². The van der Waals surface area contributed by atoms with Crippen LogP contribution in [-0.4, -0.2) is 11.1 Å². The van der Waals surface area contributed by atoms with Gasteiger partial charge >= 0.3 is 5.97 Å². The summed E-state index contributed by atoms with van der Waals surface area (Å²) in [4.78, 5) is 11.8. The van der Waals surface area contributed by atoms with E-state index in [-0.39, 0.29) is 11.3 Å². The minimum atomic E-state index is -0.691. The quantitative estimate of drug-likeness (QED) is 0.590. The zero-order valence-corrected chi connectivity index (χ0v) is 11.6. The first-order valence-electron chi connectivity index (χ1n) is 5.50. The van der Waals surface area contributed by atoms with Gasteiger partial charge in [0.05, 0.1) is 0 Å². The molecule has 1 heterocycles. The van der Waals surface area contributed by atoms with Gasteiger partial charge in [-0.25, -0.2) is 9.18 Å². The van der Waals surface area contributed by atoms with Gasteiger partial charge in [-0.1, -0.05) is 5.57 Å². The maximum atomic E-state index is 13.5. The van der Waals surface area contributed by atoms with Crippen LogP contribution in [-0.2, 0) is 11.2 Å². The summed E-state index contributed by atoms with van der Waals surface area (Å²) in [5.41, 5.74) is 1.70. The van der Waals surface area contributed by atoms with Crippen molar-refractivity contribution in [3.05, 3.63) is 33.1 Å². The molecule has 0 fully saturated rings. The molecule has 3 nitrogen and oxygen atoms in total. The van der Waals surface area contributed by atoms with Gasteiger partial charge < -0.3 is 9.84 Å². The van der Waals surface area contributed by atoms with E-state index in [1.54, 1.807) is 0 Å². The van der Waals surface area contributed by atoms with E-state index in [2.05, 4.69) is 15.9 Å². The molecule has 0 atom stereocenters. The first kappa shape index (κ1) is 13.1. The second-order valence-electron chi connectivity index (χ2n) is 4.30. The van der Waals surface area contributed by atoms with Gasteiger partial charge in [0.1, 0.15) is 10.2 Å². The molecule has 0 unspecified atom stereocenters. The summed E-state index contributed by atoms with van der Waals surface area (Å²) in [5.74, 6) is -1.44. The van der Waals surface area contributed by atoms with Crippen molar-refractivity contribution in [1.29, 1.82) is 0 Å². The van der Waals surface area contributed by atoms with Gasteiger partial charge in [0.25, 0.3) is 0 Å². The lowest BCUT2D eigenvalue weighted by atomic mass is 10.00. The van der Waals surface area contributed by atoms with Crippen molar-refractivity contribution in [3.8, 4) is 11.5 Å². The molecule has 18 heavy (non-hydrogen) atoms. The lowest BCUT2D eigenvalue weighted by Crippen LogP contribution is -2.14. The third-order valence-electron chi connectivity index (χ3n) is 3.03. The second kappa shape index (κ2) is 4.72. The number of hydrogen-bond donors (Lipinski definition) is 1. The molecule has 1 N–H and O–H groups in total. The Bertz CT molecular complexity index is 564. The molecule has 0 aliphatic carbocycles. The number of phenols is 1. The average molecular weight is 315 g/mol. The molecule has 1 aromatic rings. The van der Waals surface area contributed by atoms with Crippen LogP contribution in [0.25, 0.3) is 0 Å². The van der Waals surface area contributed by atoms with Gasteiger partial charge in [-0.05, 0) is 54.2 Å². The van der Waals surface area contributed by atoms with Gasteiger partial charge in [0.15, 0.2) is 11.6 Å². The van der Waals surface area contributed by atoms with Crippen LogP contribution in [0, 0.1) is 12.7 Å². The maximum absolute atomic E-state index is 13.5. The molecule has 1 aliphatic rings. The topological polar surface area (TPSA) is 46.5 Å². The number of hydrogen-bond acceptors (Lipinski definition) is 3. The predicted molar refractivity (Wildman–Crippen MR) is 68.4 cm³/mol. The van der Waals surface area contributed by atoms with Gasteiger partial charge in [-0.15, -0.1) is 0 Å². The first-order valence-corrected chi connectivity index (χ1v) is 6.29. The number of aryl methyl sites for hydroxylation is 1. The number of carbonyl (C=O) groups is 1. The predicted octanol–water partition coefficient (Wildman–Crippen LogP) is 3.36. The van der Waals surface area contributed by atoms with Crippen LogP contribution in [0.3, 0.4) is 0 Å². The van der Waals surface area contributed by atoms with Crippen molar-refractivity contribution in [2.45, 2.75) is 26.7 Å². The molecule has 0 saturated heterocycles. The Balaban J connectivity index is 2.56. The number of fused-ring (bicyclic) bond motifs is 1. The highest BCUT2D eigenvalue weighted by molar-refractivity contribution is 9.12. The van der Waals surface area contributed by atoms with Crippen LogP contribution in [0.4, 0.5) is 4.39 Å². The minimum absolute atomic E-state index is 0.248. The van der Waals surface area contributed by atoms with Gasteiger partial charge in [-0.3, -0.25) is 0 Å². The van der Waals surface area contributed by atoms with Crippen LogP contribution in [0.1, 0.15) is 24.5 Å². The average Bonchev–Trinajstić information content (AvgIpc) is 2.34. The fraction of sp³-hybridized carbons (Fsp3) is 0.308. The summed E-state index contributed by atoms with van der Waals surface area (Å²) >= 11 is 3.18. The second-order valence-corrected chi connectivity index (χ2v) is 5.10. The number of esters is 1. The molecule has 96 valence electrons. The standard InChI is InChI=1S/C13H12BrFO3/c1-6-3-4-8-5-9(15)11(16)7(2)12(8)18-13(17)10(6)14/h5,16H,3-4H2,1-2H3. The van der Waals surface area contributed by atoms with E-state index in [0.717, 1.165) is 5.57 Å². The summed E-state index contributed by atoms with van der Waals surface area (Å²) < 4.78 is 19.1. The molecule has 1 aliphatic heterocycles. The van der Waals surface area contributed by atoms with Crippen LogP contribution in [0.2, 0.25) is 0 Å². The van der Waals surface area contributed by atoms with Crippen molar-refractivity contribution >= 4 is 21.9 Å². The number of carbonyl (C=O) groups excluding carboxylic acids is 1. The van der Waals surface area contributed by atoms with E-state index in [0.29, 0.717) is 22.9 Å². The van der Waals surface area contributed by atoms with Crippen LogP contribution < -0.4 is 4.74 Å². The Labute approximate surface area is 112 Å². The molecular formula is C13H12BrFO3. The molecule has 2 rings (SSSR count). The van der Waals surface area contributed by atoms with Gasteiger partial charge in [0.2, 0.25) is 0 Å². The number of ether oxygens (including phenoxy) is 1. The highest BCUT2D eigenvalue weighted by Crippen LogP contribution is 2.37. The van der Waals surface area contributed by atoms with Crippen LogP contribution >= 0.6 is 15.9 Å². The van der Waals surface area contributed by atoms with Crippen molar-refractivity contribution in [2.24, 2.45) is 0 Å². The number of rotatable bonds is 0. The van der Waals surface area contributed by atoms with Crippen molar-refractivity contribution in [3.63, 3.8) is 0 Å². The lowest BCUT2D eigenvalue weighted by Gasteiger charge is -2.18. The molecule has 0 saturated carbocycles. The summed E-state index contributed by atoms with van der Waals surface area (Å²) in [5, 5.41) is 9.54. The lowest BCUT2D eigenvalue weighted by molar-refractivity contribution is -0.129. The normalized spacial score (nSPS) is 15.9. The molecule has 0 amide bonds. The van der Waals surface area contributed by atoms with Crippen LogP contribution in [0.5, 0.6) is 11.5 Å². The fourth-order valence-corrected chi connectivity index (χ4v) is 2.16. The molecule has 0 bridgehead atoms. The smallest absolute Gasteiger partial charge is 0.350 e. The fourth-order valence-electron chi connectivity index (χ4n) is 1.89. The third kappa shape index (κ3) is 2.14. The summed E-state index contributed by atoms with van der Waals surface area (Å²) in [6, 6.07) is 1.22. The third-order valence-corrected chi connectivity index (χ3v) is 4.03. The molecule has 0 spiro atoms. The maximum Gasteiger partial charge on any atom is 0.350 e. The van der Waals surface area contributed by atoms with E-state index in [9.17, 15) is 14.3 Å². The zero-order valence-electron chi connectivity index (χ0n) is 10.0. The molecule has 0 aromatic heterocycles. The Morgan fingerprint density at radius 1 is 1.39 bits per heavy atom. The molecular weight excluding hydrogens is 303 g/mol. The monoisotopic (exact) mass is 314 g/mol.